The van der Waals surface area contributed by atoms with Crippen molar-refractivity contribution in [1.82, 2.24) is 5.32 Å². The summed E-state index contributed by atoms with van der Waals surface area (Å²) in [5, 5.41) is 2.88. The maximum Gasteiger partial charge on any atom is 0.251 e. The highest BCUT2D eigenvalue weighted by atomic mass is 16.5. The minimum atomic E-state index is -0.113. The summed E-state index contributed by atoms with van der Waals surface area (Å²) >= 11 is 0. The third-order valence-electron chi connectivity index (χ3n) is 3.18. The molecule has 3 N–H and O–H groups in total. The van der Waals surface area contributed by atoms with Gasteiger partial charge in [-0.2, -0.15) is 0 Å². The van der Waals surface area contributed by atoms with Crippen LogP contribution in [0.2, 0.25) is 0 Å². The van der Waals surface area contributed by atoms with E-state index in [-0.39, 0.29) is 5.91 Å². The molecular weight excluding hydrogens is 276 g/mol. The molecule has 0 aliphatic carbocycles. The number of hydrogen-bond donors (Lipinski definition) is 2. The molecule has 4 heteroatoms. The average Bonchev–Trinajstić information content (AvgIpc) is 2.52. The van der Waals surface area contributed by atoms with Gasteiger partial charge in [-0.3, -0.25) is 4.79 Å². The Morgan fingerprint density at radius 1 is 1.18 bits per heavy atom. The molecule has 0 aliphatic rings. The van der Waals surface area contributed by atoms with Crippen LogP contribution in [0.4, 0.5) is 5.69 Å². The van der Waals surface area contributed by atoms with Gasteiger partial charge in [-0.1, -0.05) is 44.2 Å². The molecule has 0 radical (unpaired) electrons. The summed E-state index contributed by atoms with van der Waals surface area (Å²) in [7, 11) is 0. The van der Waals surface area contributed by atoms with Gasteiger partial charge < -0.3 is 15.8 Å². The van der Waals surface area contributed by atoms with Crippen LogP contribution in [0.25, 0.3) is 0 Å². The number of nitrogens with one attached hydrogen (secondary N) is 1. The zero-order valence-electron chi connectivity index (χ0n) is 13.0. The Hall–Kier alpha value is -2.49. The number of amides is 1. The Balaban J connectivity index is 2.05. The topological polar surface area (TPSA) is 64.4 Å². The van der Waals surface area contributed by atoms with Crippen molar-refractivity contribution in [2.75, 3.05) is 12.3 Å². The first kappa shape index (κ1) is 15.9. The number of ether oxygens (including phenoxy) is 1. The number of benzene rings is 2. The van der Waals surface area contributed by atoms with E-state index in [1.807, 2.05) is 30.3 Å². The Labute approximate surface area is 131 Å². The van der Waals surface area contributed by atoms with Gasteiger partial charge in [-0.15, -0.1) is 0 Å². The van der Waals surface area contributed by atoms with Crippen LogP contribution >= 0.6 is 0 Å². The van der Waals surface area contributed by atoms with Crippen LogP contribution in [-0.2, 0) is 6.61 Å². The number of nitrogen functional groups attached to an aromatic ring is 1. The lowest BCUT2D eigenvalue weighted by molar-refractivity contribution is 0.0948. The van der Waals surface area contributed by atoms with Crippen LogP contribution < -0.4 is 15.8 Å². The van der Waals surface area contributed by atoms with E-state index >= 15 is 0 Å². The lowest BCUT2D eigenvalue weighted by atomic mass is 10.1. The van der Waals surface area contributed by atoms with Gasteiger partial charge >= 0.3 is 0 Å². The quantitative estimate of drug-likeness (QED) is 0.805. The molecule has 0 fully saturated rings. The van der Waals surface area contributed by atoms with Crippen LogP contribution in [0.15, 0.2) is 48.5 Å². The van der Waals surface area contributed by atoms with Crippen LogP contribution in [0, 0.1) is 5.92 Å². The highest BCUT2D eigenvalue weighted by Crippen LogP contribution is 2.24. The van der Waals surface area contributed by atoms with Gasteiger partial charge in [0.15, 0.2) is 0 Å². The predicted molar refractivity (Wildman–Crippen MR) is 88.8 cm³/mol. The normalized spacial score (nSPS) is 10.5. The highest BCUT2D eigenvalue weighted by Gasteiger charge is 2.10. The molecule has 0 atom stereocenters. The first-order valence-electron chi connectivity index (χ1n) is 7.40. The Bertz CT molecular complexity index is 624. The molecule has 22 heavy (non-hydrogen) atoms. The van der Waals surface area contributed by atoms with Crippen molar-refractivity contribution in [2.45, 2.75) is 20.5 Å². The smallest absolute Gasteiger partial charge is 0.251 e. The molecule has 2 rings (SSSR count). The number of rotatable bonds is 6. The lowest BCUT2D eigenvalue weighted by Gasteiger charge is -2.12. The molecule has 0 saturated heterocycles. The second-order valence-electron chi connectivity index (χ2n) is 5.63. The first-order valence-corrected chi connectivity index (χ1v) is 7.40. The first-order chi connectivity index (χ1) is 10.6. The maximum absolute atomic E-state index is 12.1. The average molecular weight is 298 g/mol. The molecule has 0 aromatic heterocycles. The summed E-state index contributed by atoms with van der Waals surface area (Å²) in [5.74, 6) is 0.825. The minimum Gasteiger partial charge on any atom is -0.487 e. The minimum absolute atomic E-state index is 0.113. The van der Waals surface area contributed by atoms with Crippen molar-refractivity contribution in [1.29, 1.82) is 0 Å². The van der Waals surface area contributed by atoms with Crippen molar-refractivity contribution >= 4 is 11.6 Å². The van der Waals surface area contributed by atoms with E-state index in [1.54, 1.807) is 18.2 Å². The summed E-state index contributed by atoms with van der Waals surface area (Å²) in [6.45, 7) is 5.17. The molecular formula is C18H22N2O2. The molecule has 0 unspecified atom stereocenters. The van der Waals surface area contributed by atoms with Crippen molar-refractivity contribution < 1.29 is 9.53 Å². The Morgan fingerprint density at radius 3 is 2.59 bits per heavy atom. The summed E-state index contributed by atoms with van der Waals surface area (Å²) in [6.07, 6.45) is 0. The zero-order chi connectivity index (χ0) is 15.9. The van der Waals surface area contributed by atoms with Crippen molar-refractivity contribution in [3.8, 4) is 5.75 Å². The fourth-order valence-electron chi connectivity index (χ4n) is 1.93. The zero-order valence-corrected chi connectivity index (χ0v) is 13.0. The standard InChI is InChI=1S/C18H22N2O2/c1-13(2)11-20-18(21)15-8-9-16(19)17(10-15)22-12-14-6-4-3-5-7-14/h3-10,13H,11-12,19H2,1-2H3,(H,20,21). The van der Waals surface area contributed by atoms with Crippen LogP contribution in [0.3, 0.4) is 0 Å². The van der Waals surface area contributed by atoms with Crippen molar-refractivity contribution in [3.63, 3.8) is 0 Å². The van der Waals surface area contributed by atoms with E-state index < -0.39 is 0 Å². The van der Waals surface area contributed by atoms with Gasteiger partial charge in [0.1, 0.15) is 12.4 Å². The second kappa shape index (κ2) is 7.50. The molecule has 0 heterocycles. The SMILES string of the molecule is CC(C)CNC(=O)c1ccc(N)c(OCc2ccccc2)c1. The molecule has 2 aromatic rings. The van der Waals surface area contributed by atoms with Crippen LogP contribution in [0.1, 0.15) is 29.8 Å². The highest BCUT2D eigenvalue weighted by molar-refractivity contribution is 5.95. The number of anilines is 1. The summed E-state index contributed by atoms with van der Waals surface area (Å²) in [4.78, 5) is 12.1. The van der Waals surface area contributed by atoms with Crippen molar-refractivity contribution in [2.24, 2.45) is 5.92 Å². The van der Waals surface area contributed by atoms with Gasteiger partial charge in [0.2, 0.25) is 0 Å². The number of hydrogen-bond acceptors (Lipinski definition) is 3. The molecule has 0 saturated carbocycles. The van der Waals surface area contributed by atoms with Gasteiger partial charge in [0, 0.05) is 12.1 Å². The predicted octanol–water partition coefficient (Wildman–Crippen LogP) is 3.23. The Morgan fingerprint density at radius 2 is 1.91 bits per heavy atom. The summed E-state index contributed by atoms with van der Waals surface area (Å²) in [6, 6.07) is 14.9. The van der Waals surface area contributed by atoms with Crippen molar-refractivity contribution in [3.05, 3.63) is 59.7 Å². The number of nitrogens with two attached hydrogens (primary N) is 1. The second-order valence-corrected chi connectivity index (χ2v) is 5.63. The van der Waals surface area contributed by atoms with Crippen LogP contribution in [-0.4, -0.2) is 12.5 Å². The van der Waals surface area contributed by atoms with E-state index in [2.05, 4.69) is 19.2 Å². The molecule has 4 nitrogen and oxygen atoms in total. The molecule has 116 valence electrons. The van der Waals surface area contributed by atoms with Crippen LogP contribution in [0.5, 0.6) is 5.75 Å². The monoisotopic (exact) mass is 298 g/mol. The van der Waals surface area contributed by atoms with Gasteiger partial charge in [0.05, 0.1) is 5.69 Å². The number of carbonyl (C=O) groups is 1. The van der Waals surface area contributed by atoms with E-state index in [4.69, 9.17) is 10.5 Å². The fraction of sp³-hybridized carbons (Fsp3) is 0.278. The van der Waals surface area contributed by atoms with Gasteiger partial charge in [-0.05, 0) is 29.7 Å². The van der Waals surface area contributed by atoms with Gasteiger partial charge in [-0.25, -0.2) is 0 Å². The summed E-state index contributed by atoms with van der Waals surface area (Å²) in [5.41, 5.74) is 8.05. The lowest BCUT2D eigenvalue weighted by Crippen LogP contribution is -2.27. The summed E-state index contributed by atoms with van der Waals surface area (Å²) < 4.78 is 5.73. The molecule has 1 amide bonds. The van der Waals surface area contributed by atoms with E-state index in [0.717, 1.165) is 5.56 Å². The largest absolute Gasteiger partial charge is 0.487 e. The van der Waals surface area contributed by atoms with E-state index in [0.29, 0.717) is 36.1 Å². The maximum atomic E-state index is 12.1. The fourth-order valence-corrected chi connectivity index (χ4v) is 1.93. The molecule has 0 spiro atoms. The molecule has 2 aromatic carbocycles. The van der Waals surface area contributed by atoms with Gasteiger partial charge in [0.25, 0.3) is 5.91 Å². The van der Waals surface area contributed by atoms with E-state index in [1.165, 1.54) is 0 Å². The third kappa shape index (κ3) is 4.52. The number of carbonyl (C=O) groups excluding carboxylic acids is 1. The molecule has 0 bridgehead atoms. The third-order valence-corrected chi connectivity index (χ3v) is 3.18. The Kier molecular flexibility index (Phi) is 5.42. The van der Waals surface area contributed by atoms with E-state index in [9.17, 15) is 4.79 Å². The molecule has 0 aliphatic heterocycles.